The molecule has 0 aliphatic heterocycles. The van der Waals surface area contributed by atoms with Gasteiger partial charge >= 0.3 is 0 Å². The van der Waals surface area contributed by atoms with E-state index in [0.29, 0.717) is 0 Å². The zero-order chi connectivity index (χ0) is 14.1. The zero-order valence-electron chi connectivity index (χ0n) is 12.0. The summed E-state index contributed by atoms with van der Waals surface area (Å²) < 4.78 is 5.14. The summed E-state index contributed by atoms with van der Waals surface area (Å²) in [6.07, 6.45) is 3.70. The third kappa shape index (κ3) is 2.77. The van der Waals surface area contributed by atoms with Crippen molar-refractivity contribution in [1.82, 2.24) is 0 Å². The van der Waals surface area contributed by atoms with Crippen molar-refractivity contribution in [2.75, 3.05) is 7.11 Å². The number of ether oxygens (including phenoxy) is 1. The second kappa shape index (κ2) is 5.14. The Kier molecular flexibility index (Phi) is 3.88. The largest absolute Gasteiger partial charge is 0.497 e. The van der Waals surface area contributed by atoms with E-state index in [-0.39, 0.29) is 5.92 Å². The van der Waals surface area contributed by atoms with Gasteiger partial charge in [-0.15, -0.1) is 0 Å². The van der Waals surface area contributed by atoms with Crippen molar-refractivity contribution in [3.05, 3.63) is 29.8 Å². The van der Waals surface area contributed by atoms with Crippen molar-refractivity contribution in [2.24, 2.45) is 5.92 Å². The summed E-state index contributed by atoms with van der Waals surface area (Å²) in [5.74, 6) is 0.636. The van der Waals surface area contributed by atoms with Crippen LogP contribution in [0.25, 0.3) is 0 Å². The van der Waals surface area contributed by atoms with Gasteiger partial charge in [0.2, 0.25) is 0 Å². The van der Waals surface area contributed by atoms with Gasteiger partial charge in [0, 0.05) is 5.92 Å². The molecule has 3 heteroatoms. The molecule has 0 radical (unpaired) electrons. The van der Waals surface area contributed by atoms with E-state index in [4.69, 9.17) is 4.74 Å². The van der Waals surface area contributed by atoms with E-state index in [1.807, 2.05) is 31.2 Å². The fraction of sp³-hybridized carbons (Fsp3) is 0.625. The highest BCUT2D eigenvalue weighted by Gasteiger charge is 2.46. The fourth-order valence-corrected chi connectivity index (χ4v) is 3.33. The zero-order valence-corrected chi connectivity index (χ0v) is 12.0. The van der Waals surface area contributed by atoms with Crippen LogP contribution in [-0.2, 0) is 5.60 Å². The SMILES string of the molecule is COc1ccc([C@@](C)(O)[C@@H]2CCCC[C@@]2(C)O)cc1. The standard InChI is InChI=1S/C16H24O3/c1-15(17)11-5-4-6-14(15)16(2,18)12-7-9-13(19-3)10-8-12/h7-10,14,17-18H,4-6,11H2,1-3H3/t14-,15-,16-/m1/s1. The Balaban J connectivity index is 2.29. The molecule has 0 unspecified atom stereocenters. The fourth-order valence-electron chi connectivity index (χ4n) is 3.33. The van der Waals surface area contributed by atoms with Crippen molar-refractivity contribution < 1.29 is 14.9 Å². The molecular formula is C16H24O3. The number of aliphatic hydroxyl groups is 2. The van der Waals surface area contributed by atoms with Gasteiger partial charge in [0.1, 0.15) is 5.75 Å². The van der Waals surface area contributed by atoms with Gasteiger partial charge < -0.3 is 14.9 Å². The lowest BCUT2D eigenvalue weighted by atomic mass is 9.66. The van der Waals surface area contributed by atoms with Crippen LogP contribution < -0.4 is 4.74 Å². The maximum atomic E-state index is 10.9. The molecule has 0 amide bonds. The molecule has 0 heterocycles. The van der Waals surface area contributed by atoms with Gasteiger partial charge in [0.05, 0.1) is 18.3 Å². The molecule has 1 aliphatic rings. The van der Waals surface area contributed by atoms with E-state index in [9.17, 15) is 10.2 Å². The summed E-state index contributed by atoms with van der Waals surface area (Å²) in [5, 5.41) is 21.5. The normalized spacial score (nSPS) is 30.7. The van der Waals surface area contributed by atoms with Gasteiger partial charge in [-0.2, -0.15) is 0 Å². The van der Waals surface area contributed by atoms with E-state index in [0.717, 1.165) is 37.0 Å². The molecule has 2 N–H and O–H groups in total. The predicted octanol–water partition coefficient (Wildman–Crippen LogP) is 2.84. The first-order valence-electron chi connectivity index (χ1n) is 6.97. The monoisotopic (exact) mass is 264 g/mol. The Bertz CT molecular complexity index is 420. The first kappa shape index (κ1) is 14.4. The van der Waals surface area contributed by atoms with Crippen molar-refractivity contribution in [1.29, 1.82) is 0 Å². The minimum Gasteiger partial charge on any atom is -0.497 e. The number of rotatable bonds is 3. The topological polar surface area (TPSA) is 49.7 Å². The van der Waals surface area contributed by atoms with Gasteiger partial charge in [0.25, 0.3) is 0 Å². The lowest BCUT2D eigenvalue weighted by Crippen LogP contribution is -2.48. The first-order chi connectivity index (χ1) is 8.88. The predicted molar refractivity (Wildman–Crippen MR) is 75.1 cm³/mol. The molecule has 1 saturated carbocycles. The molecule has 0 saturated heterocycles. The first-order valence-corrected chi connectivity index (χ1v) is 6.97. The highest BCUT2D eigenvalue weighted by Crippen LogP contribution is 2.44. The Labute approximate surface area is 115 Å². The molecule has 19 heavy (non-hydrogen) atoms. The summed E-state index contributed by atoms with van der Waals surface area (Å²) in [4.78, 5) is 0. The molecule has 1 aromatic carbocycles. The third-order valence-electron chi connectivity index (χ3n) is 4.53. The van der Waals surface area contributed by atoms with Crippen molar-refractivity contribution >= 4 is 0 Å². The summed E-state index contributed by atoms with van der Waals surface area (Å²) in [7, 11) is 1.62. The summed E-state index contributed by atoms with van der Waals surface area (Å²) in [6.45, 7) is 3.65. The van der Waals surface area contributed by atoms with E-state index in [2.05, 4.69) is 0 Å². The summed E-state index contributed by atoms with van der Waals surface area (Å²) >= 11 is 0. The minimum atomic E-state index is -1.02. The van der Waals surface area contributed by atoms with Gasteiger partial charge in [0.15, 0.2) is 0 Å². The number of hydrogen-bond donors (Lipinski definition) is 2. The van der Waals surface area contributed by atoms with Gasteiger partial charge in [-0.05, 0) is 44.4 Å². The summed E-state index contributed by atoms with van der Waals surface area (Å²) in [5.41, 5.74) is -0.988. The number of methoxy groups -OCH3 is 1. The Morgan fingerprint density at radius 3 is 2.42 bits per heavy atom. The van der Waals surface area contributed by atoms with Crippen LogP contribution in [0.2, 0.25) is 0 Å². The second-order valence-corrected chi connectivity index (χ2v) is 6.03. The number of benzene rings is 1. The van der Waals surface area contributed by atoms with Crippen LogP contribution in [0.3, 0.4) is 0 Å². The molecule has 0 aromatic heterocycles. The molecule has 3 nitrogen and oxygen atoms in total. The molecule has 1 aliphatic carbocycles. The van der Waals surface area contributed by atoms with Crippen LogP contribution in [0.4, 0.5) is 0 Å². The molecule has 3 atom stereocenters. The van der Waals surface area contributed by atoms with E-state index in [1.165, 1.54) is 0 Å². The van der Waals surface area contributed by atoms with Crippen LogP contribution in [0.15, 0.2) is 24.3 Å². The van der Waals surface area contributed by atoms with Crippen molar-refractivity contribution in [3.63, 3.8) is 0 Å². The molecular weight excluding hydrogens is 240 g/mol. The van der Waals surface area contributed by atoms with E-state index >= 15 is 0 Å². The van der Waals surface area contributed by atoms with Crippen LogP contribution in [-0.4, -0.2) is 22.9 Å². The Morgan fingerprint density at radius 2 is 1.89 bits per heavy atom. The summed E-state index contributed by atoms with van der Waals surface area (Å²) in [6, 6.07) is 7.45. The Morgan fingerprint density at radius 1 is 1.26 bits per heavy atom. The average molecular weight is 264 g/mol. The maximum absolute atomic E-state index is 10.9. The van der Waals surface area contributed by atoms with Crippen LogP contribution in [0.1, 0.15) is 45.1 Å². The van der Waals surface area contributed by atoms with Crippen molar-refractivity contribution in [3.8, 4) is 5.75 Å². The minimum absolute atomic E-state index is 0.137. The smallest absolute Gasteiger partial charge is 0.118 e. The van der Waals surface area contributed by atoms with Crippen LogP contribution >= 0.6 is 0 Å². The second-order valence-electron chi connectivity index (χ2n) is 6.03. The third-order valence-corrected chi connectivity index (χ3v) is 4.53. The van der Waals surface area contributed by atoms with E-state index < -0.39 is 11.2 Å². The Hall–Kier alpha value is -1.06. The highest BCUT2D eigenvalue weighted by atomic mass is 16.5. The highest BCUT2D eigenvalue weighted by molar-refractivity contribution is 5.31. The van der Waals surface area contributed by atoms with E-state index in [1.54, 1.807) is 14.0 Å². The quantitative estimate of drug-likeness (QED) is 0.882. The molecule has 0 bridgehead atoms. The van der Waals surface area contributed by atoms with Crippen molar-refractivity contribution in [2.45, 2.75) is 50.7 Å². The molecule has 2 rings (SSSR count). The lowest BCUT2D eigenvalue weighted by Gasteiger charge is -2.45. The molecule has 0 spiro atoms. The van der Waals surface area contributed by atoms with Crippen LogP contribution in [0.5, 0.6) is 5.75 Å². The average Bonchev–Trinajstić information content (AvgIpc) is 2.38. The number of hydrogen-bond acceptors (Lipinski definition) is 3. The van der Waals surface area contributed by atoms with Gasteiger partial charge in [-0.25, -0.2) is 0 Å². The lowest BCUT2D eigenvalue weighted by molar-refractivity contribution is -0.133. The maximum Gasteiger partial charge on any atom is 0.118 e. The molecule has 1 fully saturated rings. The van der Waals surface area contributed by atoms with Gasteiger partial charge in [-0.3, -0.25) is 0 Å². The molecule has 106 valence electrons. The van der Waals surface area contributed by atoms with Gasteiger partial charge in [-0.1, -0.05) is 25.0 Å². The molecule has 1 aromatic rings. The van der Waals surface area contributed by atoms with Crippen LogP contribution in [0, 0.1) is 5.92 Å².